The van der Waals surface area contributed by atoms with Gasteiger partial charge in [0, 0.05) is 27.2 Å². The molecule has 2 heterocycles. The number of nitrogens with zero attached hydrogens (tertiary/aromatic N) is 1. The predicted octanol–water partition coefficient (Wildman–Crippen LogP) is 10.4. The number of fused-ring (bicyclic) bond motifs is 1. The smallest absolute Gasteiger partial charge is 0.267 e. The summed E-state index contributed by atoms with van der Waals surface area (Å²) in [6, 6.07) is 32.7. The van der Waals surface area contributed by atoms with Crippen molar-refractivity contribution in [2.75, 3.05) is 11.1 Å². The van der Waals surface area contributed by atoms with Gasteiger partial charge >= 0.3 is 0 Å². The van der Waals surface area contributed by atoms with Crippen molar-refractivity contribution in [3.63, 3.8) is 0 Å². The number of allylic oxidation sites excluding steroid dienone is 1. The minimum Gasteiger partial charge on any atom is -0.397 e. The van der Waals surface area contributed by atoms with Crippen molar-refractivity contribution in [1.82, 2.24) is 4.98 Å². The molecular weight excluding hydrogens is 610 g/mol. The molecule has 0 aliphatic heterocycles. The summed E-state index contributed by atoms with van der Waals surface area (Å²) in [6.45, 7) is 6.33. The largest absolute Gasteiger partial charge is 0.397 e. The van der Waals surface area contributed by atoms with Crippen LogP contribution in [0.3, 0.4) is 0 Å². The number of ketones is 1. The minimum absolute atomic E-state index is 0.161. The molecule has 0 fully saturated rings. The average Bonchev–Trinajstić information content (AvgIpc) is 3.40. The minimum atomic E-state index is -0.371. The van der Waals surface area contributed by atoms with E-state index in [1.54, 1.807) is 36.4 Å². The molecule has 0 spiro atoms. The first-order chi connectivity index (χ1) is 22.2. The first-order valence-corrected chi connectivity index (χ1v) is 16.2. The van der Waals surface area contributed by atoms with E-state index in [2.05, 4.69) is 31.3 Å². The monoisotopic (exact) mass is 641 g/mol. The number of aromatic nitrogens is 1. The van der Waals surface area contributed by atoms with Gasteiger partial charge in [-0.3, -0.25) is 9.59 Å². The van der Waals surface area contributed by atoms with Crippen molar-refractivity contribution in [3.05, 3.63) is 141 Å². The Labute approximate surface area is 277 Å². The molecule has 0 unspecified atom stereocenters. The van der Waals surface area contributed by atoms with Gasteiger partial charge in [0.2, 0.25) is 0 Å². The number of carbonyl (C=O) groups excluding carboxylic acids is 2. The van der Waals surface area contributed by atoms with Crippen molar-refractivity contribution < 1.29 is 9.59 Å². The van der Waals surface area contributed by atoms with Gasteiger partial charge in [-0.05, 0) is 71.5 Å². The third-order valence-corrected chi connectivity index (χ3v) is 9.19. The summed E-state index contributed by atoms with van der Waals surface area (Å²) in [5.41, 5.74) is 14.9. The number of anilines is 2. The Balaban J connectivity index is 1.29. The maximum Gasteiger partial charge on any atom is 0.267 e. The van der Waals surface area contributed by atoms with Crippen LogP contribution in [0.2, 0.25) is 5.02 Å². The van der Waals surface area contributed by atoms with Crippen molar-refractivity contribution in [2.45, 2.75) is 26.7 Å². The molecule has 6 rings (SSSR count). The topological polar surface area (TPSA) is 85.1 Å². The van der Waals surface area contributed by atoms with E-state index in [0.29, 0.717) is 43.0 Å². The molecular formula is C39H32ClN3O2S. The zero-order chi connectivity index (χ0) is 32.4. The van der Waals surface area contributed by atoms with Crippen LogP contribution >= 0.6 is 22.9 Å². The number of thiophene rings is 1. The Morgan fingerprint density at radius 2 is 1.59 bits per heavy atom. The highest BCUT2D eigenvalue weighted by Gasteiger charge is 2.22. The molecule has 6 aromatic rings. The van der Waals surface area contributed by atoms with Gasteiger partial charge in [-0.2, -0.15) is 0 Å². The van der Waals surface area contributed by atoms with Gasteiger partial charge in [-0.25, -0.2) is 4.98 Å². The second-order valence-electron chi connectivity index (χ2n) is 11.5. The summed E-state index contributed by atoms with van der Waals surface area (Å²) in [5, 5.41) is 4.27. The predicted molar refractivity (Wildman–Crippen MR) is 193 cm³/mol. The van der Waals surface area contributed by atoms with Crippen LogP contribution in [0.25, 0.3) is 38.7 Å². The highest BCUT2D eigenvalue weighted by atomic mass is 35.5. The molecule has 0 saturated heterocycles. The Morgan fingerprint density at radius 3 is 2.28 bits per heavy atom. The summed E-state index contributed by atoms with van der Waals surface area (Å²) in [6.07, 6.45) is 3.34. The molecule has 0 saturated carbocycles. The van der Waals surface area contributed by atoms with Gasteiger partial charge in [0.05, 0.1) is 11.4 Å². The van der Waals surface area contributed by atoms with Crippen molar-refractivity contribution in [3.8, 4) is 22.4 Å². The maximum absolute atomic E-state index is 13.6. The van der Waals surface area contributed by atoms with E-state index < -0.39 is 0 Å². The van der Waals surface area contributed by atoms with Gasteiger partial charge in [-0.1, -0.05) is 110 Å². The standard InChI is InChI=1S/C39H32ClN3O2S/c1-23(2)26-14-9-25(10-15-26)11-20-34(44)29-5-4-6-31(21-29)42-38(45)37-36(41)35-32(27-16-18-30(40)19-17-27)22-33(43-39(35)46-37)28-12-7-24(3)8-13-28/h4-23H,41H2,1-3H3,(H,42,45). The number of nitrogens with two attached hydrogens (primary N) is 1. The van der Waals surface area contributed by atoms with Gasteiger partial charge in [0.1, 0.15) is 9.71 Å². The highest BCUT2D eigenvalue weighted by molar-refractivity contribution is 7.21. The van der Waals surface area contributed by atoms with Crippen LogP contribution in [0.4, 0.5) is 11.4 Å². The summed E-state index contributed by atoms with van der Waals surface area (Å²) in [7, 11) is 0. The van der Waals surface area contributed by atoms with Crippen LogP contribution < -0.4 is 11.1 Å². The summed E-state index contributed by atoms with van der Waals surface area (Å²) >= 11 is 7.43. The van der Waals surface area contributed by atoms with Crippen molar-refractivity contribution >= 4 is 62.3 Å². The number of benzene rings is 4. The Kier molecular flexibility index (Phi) is 8.84. The van der Waals surface area contributed by atoms with Gasteiger partial charge in [0.15, 0.2) is 5.78 Å². The Bertz CT molecular complexity index is 2100. The average molecular weight is 642 g/mol. The van der Waals surface area contributed by atoms with Gasteiger partial charge in [-0.15, -0.1) is 11.3 Å². The normalized spacial score (nSPS) is 11.4. The van der Waals surface area contributed by atoms with E-state index in [0.717, 1.165) is 33.5 Å². The number of aryl methyl sites for hydroxylation is 1. The molecule has 0 radical (unpaired) electrons. The lowest BCUT2D eigenvalue weighted by Gasteiger charge is -2.09. The quantitative estimate of drug-likeness (QED) is 0.128. The van der Waals surface area contributed by atoms with E-state index >= 15 is 0 Å². The Hall–Kier alpha value is -5.04. The van der Waals surface area contributed by atoms with Crippen LogP contribution in [0, 0.1) is 6.92 Å². The van der Waals surface area contributed by atoms with Crippen LogP contribution in [0.15, 0.2) is 109 Å². The fraction of sp³-hybridized carbons (Fsp3) is 0.103. The van der Waals surface area contributed by atoms with Crippen molar-refractivity contribution in [2.24, 2.45) is 0 Å². The molecule has 7 heteroatoms. The van der Waals surface area contributed by atoms with Crippen LogP contribution in [-0.4, -0.2) is 16.7 Å². The lowest BCUT2D eigenvalue weighted by atomic mass is 9.99. The molecule has 0 atom stereocenters. The Morgan fingerprint density at radius 1 is 0.891 bits per heavy atom. The van der Waals surface area contributed by atoms with E-state index in [-0.39, 0.29) is 11.7 Å². The number of hydrogen-bond acceptors (Lipinski definition) is 5. The summed E-state index contributed by atoms with van der Waals surface area (Å²) < 4.78 is 0. The lowest BCUT2D eigenvalue weighted by Crippen LogP contribution is -2.12. The molecule has 2 aromatic heterocycles. The molecule has 46 heavy (non-hydrogen) atoms. The molecule has 3 N–H and O–H groups in total. The number of carbonyl (C=O) groups is 2. The number of nitrogen functional groups attached to an aromatic ring is 1. The third-order valence-electron chi connectivity index (χ3n) is 7.84. The number of pyridine rings is 1. The molecule has 0 aliphatic rings. The molecule has 228 valence electrons. The fourth-order valence-electron chi connectivity index (χ4n) is 5.22. The zero-order valence-corrected chi connectivity index (χ0v) is 27.2. The molecule has 4 aromatic carbocycles. The highest BCUT2D eigenvalue weighted by Crippen LogP contribution is 2.42. The SMILES string of the molecule is Cc1ccc(-c2cc(-c3ccc(Cl)cc3)c3c(N)c(C(=O)Nc4cccc(C(=O)C=Cc5ccc(C(C)C)cc5)c4)sc3n2)cc1. The lowest BCUT2D eigenvalue weighted by molar-refractivity contribution is 0.102. The third kappa shape index (κ3) is 6.64. The second kappa shape index (κ2) is 13.1. The van der Waals surface area contributed by atoms with Crippen molar-refractivity contribution in [1.29, 1.82) is 0 Å². The fourth-order valence-corrected chi connectivity index (χ4v) is 6.36. The number of rotatable bonds is 8. The molecule has 0 aliphatic carbocycles. The molecule has 1 amide bonds. The first-order valence-electron chi connectivity index (χ1n) is 15.0. The first kappa shape index (κ1) is 31.0. The summed E-state index contributed by atoms with van der Waals surface area (Å²) in [4.78, 5) is 32.6. The molecule has 0 bridgehead atoms. The maximum atomic E-state index is 13.6. The summed E-state index contributed by atoms with van der Waals surface area (Å²) in [5.74, 6) is -0.0888. The van der Waals surface area contributed by atoms with Gasteiger partial charge < -0.3 is 11.1 Å². The number of amides is 1. The van der Waals surface area contributed by atoms with Crippen LogP contribution in [0.5, 0.6) is 0 Å². The molecule has 5 nitrogen and oxygen atoms in total. The van der Waals surface area contributed by atoms with Crippen LogP contribution in [-0.2, 0) is 0 Å². The van der Waals surface area contributed by atoms with Crippen LogP contribution in [0.1, 0.15) is 56.5 Å². The van der Waals surface area contributed by atoms with Gasteiger partial charge in [0.25, 0.3) is 5.91 Å². The second-order valence-corrected chi connectivity index (χ2v) is 12.9. The number of nitrogens with one attached hydrogen (secondary N) is 1. The van der Waals surface area contributed by atoms with E-state index in [9.17, 15) is 9.59 Å². The van der Waals surface area contributed by atoms with E-state index in [4.69, 9.17) is 22.3 Å². The van der Waals surface area contributed by atoms with E-state index in [1.165, 1.54) is 16.9 Å². The van der Waals surface area contributed by atoms with E-state index in [1.807, 2.05) is 73.7 Å². The zero-order valence-electron chi connectivity index (χ0n) is 25.7. The number of halogens is 1. The number of hydrogen-bond donors (Lipinski definition) is 2.